The van der Waals surface area contributed by atoms with Crippen LogP contribution in [0.1, 0.15) is 24.0 Å². The minimum absolute atomic E-state index is 0.0176. The average molecular weight is 441 g/mol. The first-order chi connectivity index (χ1) is 16.2. The Morgan fingerprint density at radius 1 is 0.909 bits per heavy atom. The lowest BCUT2D eigenvalue weighted by Gasteiger charge is -2.15. The van der Waals surface area contributed by atoms with Gasteiger partial charge in [0.05, 0.1) is 11.0 Å². The number of rotatable bonds is 7. The number of fused-ring (bicyclic) bond motifs is 1. The van der Waals surface area contributed by atoms with Gasteiger partial charge in [0.2, 0.25) is 5.91 Å². The highest BCUT2D eigenvalue weighted by Gasteiger charge is 2.13. The van der Waals surface area contributed by atoms with Crippen LogP contribution < -0.4 is 11.0 Å². The summed E-state index contributed by atoms with van der Waals surface area (Å²) in [6.07, 6.45) is 2.60. The summed E-state index contributed by atoms with van der Waals surface area (Å²) in [5.41, 5.74) is 5.80. The molecule has 6 heteroatoms. The lowest BCUT2D eigenvalue weighted by atomic mass is 9.98. The number of hydrogen-bond acceptors (Lipinski definition) is 3. The molecule has 1 saturated heterocycles. The predicted octanol–water partition coefficient (Wildman–Crippen LogP) is 3.91. The van der Waals surface area contributed by atoms with E-state index in [1.165, 1.54) is 36.1 Å². The van der Waals surface area contributed by atoms with Crippen LogP contribution >= 0.6 is 0 Å². The maximum atomic E-state index is 12.6. The van der Waals surface area contributed by atoms with E-state index >= 15 is 0 Å². The van der Waals surface area contributed by atoms with Gasteiger partial charge in [0.25, 0.3) is 0 Å². The molecule has 0 radical (unpaired) electrons. The molecule has 1 fully saturated rings. The van der Waals surface area contributed by atoms with Crippen LogP contribution in [-0.2, 0) is 24.4 Å². The van der Waals surface area contributed by atoms with Crippen molar-refractivity contribution in [1.29, 1.82) is 0 Å². The summed E-state index contributed by atoms with van der Waals surface area (Å²) < 4.78 is 1.47. The molecule has 6 nitrogen and oxygen atoms in total. The number of benzene rings is 3. The molecular weight excluding hydrogens is 412 g/mol. The lowest BCUT2D eigenvalue weighted by molar-refractivity contribution is -0.121. The molecule has 1 aliphatic rings. The van der Waals surface area contributed by atoms with E-state index in [1.54, 1.807) is 0 Å². The fourth-order valence-electron chi connectivity index (χ4n) is 4.60. The molecule has 3 aromatic carbocycles. The minimum atomic E-state index is -0.277. The second-order valence-electron chi connectivity index (χ2n) is 8.65. The van der Waals surface area contributed by atoms with Crippen LogP contribution in [0.3, 0.4) is 0 Å². The molecule has 5 rings (SSSR count). The molecule has 0 atom stereocenters. The van der Waals surface area contributed by atoms with Crippen LogP contribution in [0, 0.1) is 0 Å². The summed E-state index contributed by atoms with van der Waals surface area (Å²) in [4.78, 5) is 30.2. The van der Waals surface area contributed by atoms with Crippen molar-refractivity contribution < 1.29 is 4.79 Å². The van der Waals surface area contributed by atoms with E-state index in [4.69, 9.17) is 0 Å². The summed E-state index contributed by atoms with van der Waals surface area (Å²) in [6.45, 7) is 3.77. The number of imidazole rings is 1. The third-order valence-corrected chi connectivity index (χ3v) is 6.35. The van der Waals surface area contributed by atoms with Crippen molar-refractivity contribution in [3.63, 3.8) is 0 Å². The molecule has 2 N–H and O–H groups in total. The smallest absolute Gasteiger partial charge is 0.326 e. The fraction of sp³-hybridized carbons (Fsp3) is 0.259. The first-order valence-electron chi connectivity index (χ1n) is 11.5. The van der Waals surface area contributed by atoms with Crippen LogP contribution in [0.2, 0.25) is 0 Å². The molecule has 0 spiro atoms. The van der Waals surface area contributed by atoms with Gasteiger partial charge in [-0.25, -0.2) is 4.79 Å². The largest absolute Gasteiger partial charge is 0.350 e. The number of nitrogens with one attached hydrogen (secondary N) is 2. The SMILES string of the molecule is O=C(Cn1c(=O)[nH]c2ccccc21)NCc1ccccc1-c1ccc(CN2CCCC2)cc1. The number of carbonyl (C=O) groups excluding carboxylic acids is 1. The van der Waals surface area contributed by atoms with Gasteiger partial charge in [0, 0.05) is 13.1 Å². The molecule has 2 heterocycles. The van der Waals surface area contributed by atoms with Gasteiger partial charge < -0.3 is 10.3 Å². The van der Waals surface area contributed by atoms with Crippen LogP contribution in [-0.4, -0.2) is 33.4 Å². The second kappa shape index (κ2) is 9.46. The van der Waals surface area contributed by atoms with Gasteiger partial charge in [-0.15, -0.1) is 0 Å². The number of hydrogen-bond donors (Lipinski definition) is 2. The Balaban J connectivity index is 1.26. The number of para-hydroxylation sites is 2. The maximum absolute atomic E-state index is 12.6. The Hall–Kier alpha value is -3.64. The van der Waals surface area contributed by atoms with Crippen molar-refractivity contribution in [2.24, 2.45) is 0 Å². The average Bonchev–Trinajstić information content (AvgIpc) is 3.46. The van der Waals surface area contributed by atoms with Gasteiger partial charge in [-0.1, -0.05) is 60.7 Å². The van der Waals surface area contributed by atoms with Gasteiger partial charge in [-0.3, -0.25) is 14.3 Å². The first-order valence-corrected chi connectivity index (χ1v) is 11.5. The number of likely N-dealkylation sites (tertiary alicyclic amines) is 1. The van der Waals surface area contributed by atoms with Gasteiger partial charge in [-0.2, -0.15) is 0 Å². The van der Waals surface area contributed by atoms with Crippen molar-refractivity contribution in [3.05, 3.63) is 94.4 Å². The number of aromatic amines is 1. The van der Waals surface area contributed by atoms with Crippen molar-refractivity contribution >= 4 is 16.9 Å². The molecule has 1 amide bonds. The van der Waals surface area contributed by atoms with Gasteiger partial charge in [0.1, 0.15) is 6.54 Å². The topological polar surface area (TPSA) is 70.1 Å². The van der Waals surface area contributed by atoms with Crippen molar-refractivity contribution in [3.8, 4) is 11.1 Å². The van der Waals surface area contributed by atoms with E-state index in [9.17, 15) is 9.59 Å². The summed E-state index contributed by atoms with van der Waals surface area (Å²) in [6, 6.07) is 24.2. The Morgan fingerprint density at radius 3 is 2.45 bits per heavy atom. The molecule has 0 unspecified atom stereocenters. The normalized spacial score (nSPS) is 14.1. The van der Waals surface area contributed by atoms with Crippen LogP contribution in [0.5, 0.6) is 0 Å². The first kappa shape index (κ1) is 21.2. The van der Waals surface area contributed by atoms with Crippen LogP contribution in [0.15, 0.2) is 77.6 Å². The molecule has 1 aromatic heterocycles. The van der Waals surface area contributed by atoms with Crippen LogP contribution in [0.4, 0.5) is 0 Å². The number of carbonyl (C=O) groups is 1. The summed E-state index contributed by atoms with van der Waals surface area (Å²) in [5, 5.41) is 2.98. The van der Waals surface area contributed by atoms with Crippen LogP contribution in [0.25, 0.3) is 22.2 Å². The molecule has 4 aromatic rings. The van der Waals surface area contributed by atoms with E-state index in [2.05, 4.69) is 45.5 Å². The van der Waals surface area contributed by atoms with Gasteiger partial charge in [-0.05, 0) is 60.3 Å². The molecule has 0 aliphatic carbocycles. The number of aromatic nitrogens is 2. The molecular formula is C27H28N4O2. The standard InChI is InChI=1S/C27H28N4O2/c32-26(19-31-25-10-4-3-9-24(25)29-27(31)33)28-17-22-7-1-2-8-23(22)21-13-11-20(12-14-21)18-30-15-5-6-16-30/h1-4,7-14H,5-6,15-19H2,(H,28,32)(H,29,33). The highest BCUT2D eigenvalue weighted by Crippen LogP contribution is 2.25. The Kier molecular flexibility index (Phi) is 6.09. The lowest BCUT2D eigenvalue weighted by Crippen LogP contribution is -2.31. The molecule has 168 valence electrons. The fourth-order valence-corrected chi connectivity index (χ4v) is 4.60. The predicted molar refractivity (Wildman–Crippen MR) is 131 cm³/mol. The van der Waals surface area contributed by atoms with E-state index in [0.717, 1.165) is 34.3 Å². The highest BCUT2D eigenvalue weighted by molar-refractivity contribution is 5.80. The summed E-state index contributed by atoms with van der Waals surface area (Å²) in [5.74, 6) is -0.197. The molecule has 1 aliphatic heterocycles. The quantitative estimate of drug-likeness (QED) is 0.458. The number of amides is 1. The van der Waals surface area contributed by atoms with Gasteiger partial charge >= 0.3 is 5.69 Å². The zero-order valence-electron chi connectivity index (χ0n) is 18.6. The summed E-state index contributed by atoms with van der Waals surface area (Å²) in [7, 11) is 0. The zero-order valence-corrected chi connectivity index (χ0v) is 18.6. The second-order valence-corrected chi connectivity index (χ2v) is 8.65. The third-order valence-electron chi connectivity index (χ3n) is 6.35. The van der Waals surface area contributed by atoms with Crippen molar-refractivity contribution in [2.45, 2.75) is 32.5 Å². The van der Waals surface area contributed by atoms with Crippen molar-refractivity contribution in [1.82, 2.24) is 19.8 Å². The minimum Gasteiger partial charge on any atom is -0.350 e. The Labute approximate surface area is 192 Å². The van der Waals surface area contributed by atoms with Gasteiger partial charge in [0.15, 0.2) is 0 Å². The molecule has 33 heavy (non-hydrogen) atoms. The molecule has 0 bridgehead atoms. The third kappa shape index (κ3) is 4.76. The van der Waals surface area contributed by atoms with Crippen molar-refractivity contribution in [2.75, 3.05) is 13.1 Å². The Morgan fingerprint density at radius 2 is 1.64 bits per heavy atom. The highest BCUT2D eigenvalue weighted by atomic mass is 16.2. The van der Waals surface area contributed by atoms with E-state index in [1.807, 2.05) is 42.5 Å². The maximum Gasteiger partial charge on any atom is 0.326 e. The number of H-pyrrole nitrogens is 1. The summed E-state index contributed by atoms with van der Waals surface area (Å²) >= 11 is 0. The monoisotopic (exact) mass is 440 g/mol. The van der Waals surface area contributed by atoms with E-state index in [-0.39, 0.29) is 18.1 Å². The zero-order chi connectivity index (χ0) is 22.6. The molecule has 0 saturated carbocycles. The van der Waals surface area contributed by atoms with E-state index < -0.39 is 0 Å². The van der Waals surface area contributed by atoms with E-state index in [0.29, 0.717) is 6.54 Å². The number of nitrogens with zero attached hydrogens (tertiary/aromatic N) is 2. The Bertz CT molecular complexity index is 1310.